The van der Waals surface area contributed by atoms with Crippen LogP contribution in [0.25, 0.3) is 0 Å². The van der Waals surface area contributed by atoms with E-state index in [4.69, 9.17) is 4.74 Å². The Morgan fingerprint density at radius 3 is 2.61 bits per heavy atom. The largest absolute Gasteiger partial charge is 0.452 e. The van der Waals surface area contributed by atoms with Crippen molar-refractivity contribution in [2.24, 2.45) is 0 Å². The van der Waals surface area contributed by atoms with Gasteiger partial charge in [-0.25, -0.2) is 13.6 Å². The van der Waals surface area contributed by atoms with Gasteiger partial charge in [0.15, 0.2) is 6.61 Å². The van der Waals surface area contributed by atoms with Crippen LogP contribution in [-0.2, 0) is 16.1 Å². The first kappa shape index (κ1) is 17.1. The maximum atomic E-state index is 13.4. The van der Waals surface area contributed by atoms with E-state index in [2.05, 4.69) is 21.2 Å². The second-order valence-corrected chi connectivity index (χ2v) is 5.42. The van der Waals surface area contributed by atoms with Crippen LogP contribution >= 0.6 is 15.9 Å². The Morgan fingerprint density at radius 1 is 1.13 bits per heavy atom. The molecule has 120 valence electrons. The molecule has 0 aliphatic heterocycles. The Bertz CT molecular complexity index is 737. The van der Waals surface area contributed by atoms with E-state index in [1.165, 1.54) is 24.3 Å². The fourth-order valence-electron chi connectivity index (χ4n) is 1.75. The van der Waals surface area contributed by atoms with Crippen LogP contribution in [0.1, 0.15) is 15.9 Å². The monoisotopic (exact) mass is 383 g/mol. The van der Waals surface area contributed by atoms with Crippen molar-refractivity contribution in [3.8, 4) is 0 Å². The van der Waals surface area contributed by atoms with Crippen molar-refractivity contribution in [2.75, 3.05) is 6.61 Å². The summed E-state index contributed by atoms with van der Waals surface area (Å²) >= 11 is 3.10. The number of carbonyl (C=O) groups excluding carboxylic acids is 2. The summed E-state index contributed by atoms with van der Waals surface area (Å²) in [5.41, 5.74) is 0.298. The SMILES string of the molecule is O=C(COC(=O)c1cc(F)ccc1Br)NCc1ccccc1F. The molecule has 2 aromatic carbocycles. The van der Waals surface area contributed by atoms with Crippen molar-refractivity contribution in [2.45, 2.75) is 6.54 Å². The van der Waals surface area contributed by atoms with E-state index < -0.39 is 30.1 Å². The minimum atomic E-state index is -0.836. The molecule has 7 heteroatoms. The lowest BCUT2D eigenvalue weighted by atomic mass is 10.2. The van der Waals surface area contributed by atoms with E-state index in [0.717, 1.165) is 6.07 Å². The number of hydrogen-bond acceptors (Lipinski definition) is 3. The lowest BCUT2D eigenvalue weighted by Gasteiger charge is -2.08. The second-order valence-electron chi connectivity index (χ2n) is 4.57. The van der Waals surface area contributed by atoms with Crippen molar-refractivity contribution in [3.63, 3.8) is 0 Å². The quantitative estimate of drug-likeness (QED) is 0.806. The highest BCUT2D eigenvalue weighted by Crippen LogP contribution is 2.18. The highest BCUT2D eigenvalue weighted by atomic mass is 79.9. The minimum absolute atomic E-state index is 0.0211. The maximum absolute atomic E-state index is 13.4. The summed E-state index contributed by atoms with van der Waals surface area (Å²) in [6, 6.07) is 9.55. The standard InChI is InChI=1S/C16H12BrF2NO3/c17-13-6-5-11(18)7-12(13)16(22)23-9-15(21)20-8-10-3-1-2-4-14(10)19/h1-7H,8-9H2,(H,20,21). The van der Waals surface area contributed by atoms with Gasteiger partial charge < -0.3 is 10.1 Å². The molecule has 0 atom stereocenters. The molecule has 0 bridgehead atoms. The van der Waals surface area contributed by atoms with Crippen LogP contribution in [0.3, 0.4) is 0 Å². The van der Waals surface area contributed by atoms with Crippen LogP contribution in [0.15, 0.2) is 46.9 Å². The molecule has 0 spiro atoms. The van der Waals surface area contributed by atoms with Crippen molar-refractivity contribution < 1.29 is 23.1 Å². The summed E-state index contributed by atoms with van der Waals surface area (Å²) in [5.74, 6) is -2.45. The smallest absolute Gasteiger partial charge is 0.339 e. The molecule has 2 rings (SSSR count). The average Bonchev–Trinajstić information content (AvgIpc) is 2.54. The van der Waals surface area contributed by atoms with Crippen LogP contribution in [0.2, 0.25) is 0 Å². The normalized spacial score (nSPS) is 10.2. The number of benzene rings is 2. The molecule has 4 nitrogen and oxygen atoms in total. The summed E-state index contributed by atoms with van der Waals surface area (Å²) in [4.78, 5) is 23.4. The highest BCUT2D eigenvalue weighted by molar-refractivity contribution is 9.10. The molecule has 0 radical (unpaired) electrons. The predicted octanol–water partition coefficient (Wildman–Crippen LogP) is 3.20. The summed E-state index contributed by atoms with van der Waals surface area (Å²) in [6.45, 7) is -0.567. The maximum Gasteiger partial charge on any atom is 0.339 e. The van der Waals surface area contributed by atoms with Gasteiger partial charge in [-0.2, -0.15) is 0 Å². The zero-order valence-corrected chi connectivity index (χ0v) is 13.4. The van der Waals surface area contributed by atoms with Gasteiger partial charge in [0.25, 0.3) is 5.91 Å². The molecule has 23 heavy (non-hydrogen) atoms. The topological polar surface area (TPSA) is 55.4 Å². The fraction of sp³-hybridized carbons (Fsp3) is 0.125. The van der Waals surface area contributed by atoms with Gasteiger partial charge in [-0.15, -0.1) is 0 Å². The third-order valence-corrected chi connectivity index (χ3v) is 3.61. The molecule has 0 saturated carbocycles. The van der Waals surface area contributed by atoms with E-state index in [9.17, 15) is 18.4 Å². The molecule has 0 aromatic heterocycles. The zero-order chi connectivity index (χ0) is 16.8. The molecular formula is C16H12BrF2NO3. The Morgan fingerprint density at radius 2 is 1.87 bits per heavy atom. The fourth-order valence-corrected chi connectivity index (χ4v) is 2.16. The summed E-state index contributed by atoms with van der Waals surface area (Å²) in [6.07, 6.45) is 0. The summed E-state index contributed by atoms with van der Waals surface area (Å²) in [7, 11) is 0. The van der Waals surface area contributed by atoms with Gasteiger partial charge in [0.05, 0.1) is 5.56 Å². The van der Waals surface area contributed by atoms with Gasteiger partial charge in [-0.05, 0) is 40.2 Å². The molecule has 1 N–H and O–H groups in total. The number of esters is 1. The van der Waals surface area contributed by atoms with Crippen molar-refractivity contribution in [1.29, 1.82) is 0 Å². The van der Waals surface area contributed by atoms with Crippen LogP contribution in [0, 0.1) is 11.6 Å². The average molecular weight is 384 g/mol. The van der Waals surface area contributed by atoms with Gasteiger partial charge >= 0.3 is 5.97 Å². The number of amides is 1. The lowest BCUT2D eigenvalue weighted by molar-refractivity contribution is -0.124. The highest BCUT2D eigenvalue weighted by Gasteiger charge is 2.14. The van der Waals surface area contributed by atoms with E-state index in [0.29, 0.717) is 10.0 Å². The third kappa shape index (κ3) is 4.85. The van der Waals surface area contributed by atoms with Crippen LogP contribution in [0.4, 0.5) is 8.78 Å². The molecule has 0 saturated heterocycles. The molecule has 0 aliphatic rings. The number of carbonyl (C=O) groups is 2. The van der Waals surface area contributed by atoms with Crippen molar-refractivity contribution in [3.05, 3.63) is 69.7 Å². The Kier molecular flexibility index (Phi) is 5.81. The van der Waals surface area contributed by atoms with Gasteiger partial charge in [0, 0.05) is 16.6 Å². The van der Waals surface area contributed by atoms with Gasteiger partial charge in [0.2, 0.25) is 0 Å². The summed E-state index contributed by atoms with van der Waals surface area (Å²) < 4.78 is 31.6. The van der Waals surface area contributed by atoms with E-state index in [1.807, 2.05) is 0 Å². The molecular weight excluding hydrogens is 372 g/mol. The first-order chi connectivity index (χ1) is 11.0. The number of rotatable bonds is 5. The minimum Gasteiger partial charge on any atom is -0.452 e. The van der Waals surface area contributed by atoms with Crippen LogP contribution < -0.4 is 5.32 Å². The number of ether oxygens (including phenoxy) is 1. The predicted molar refractivity (Wildman–Crippen MR) is 82.6 cm³/mol. The molecule has 0 heterocycles. The lowest BCUT2D eigenvalue weighted by Crippen LogP contribution is -2.28. The Hall–Kier alpha value is -2.28. The zero-order valence-electron chi connectivity index (χ0n) is 11.8. The summed E-state index contributed by atoms with van der Waals surface area (Å²) in [5, 5.41) is 2.43. The van der Waals surface area contributed by atoms with Gasteiger partial charge in [-0.3, -0.25) is 4.79 Å². The van der Waals surface area contributed by atoms with Crippen LogP contribution in [-0.4, -0.2) is 18.5 Å². The van der Waals surface area contributed by atoms with E-state index >= 15 is 0 Å². The number of nitrogens with one attached hydrogen (secondary N) is 1. The van der Waals surface area contributed by atoms with Gasteiger partial charge in [0.1, 0.15) is 11.6 Å². The van der Waals surface area contributed by atoms with Gasteiger partial charge in [-0.1, -0.05) is 18.2 Å². The molecule has 1 amide bonds. The van der Waals surface area contributed by atoms with E-state index in [1.54, 1.807) is 12.1 Å². The van der Waals surface area contributed by atoms with Crippen molar-refractivity contribution >= 4 is 27.8 Å². The molecule has 2 aromatic rings. The molecule has 0 fully saturated rings. The number of halogens is 3. The molecule has 0 unspecified atom stereocenters. The third-order valence-electron chi connectivity index (χ3n) is 2.92. The molecule has 0 aliphatic carbocycles. The van der Waals surface area contributed by atoms with Crippen LogP contribution in [0.5, 0.6) is 0 Å². The number of hydrogen-bond donors (Lipinski definition) is 1. The van der Waals surface area contributed by atoms with Crippen molar-refractivity contribution in [1.82, 2.24) is 5.32 Å². The Balaban J connectivity index is 1.86. The first-order valence-corrected chi connectivity index (χ1v) is 7.39. The van der Waals surface area contributed by atoms with E-state index in [-0.39, 0.29) is 12.1 Å². The Labute approximate surface area is 139 Å². The second kappa shape index (κ2) is 7.82. The first-order valence-electron chi connectivity index (χ1n) is 6.59.